The monoisotopic (exact) mass is 257 g/mol. The van der Waals surface area contributed by atoms with Crippen molar-refractivity contribution >= 4 is 5.69 Å². The van der Waals surface area contributed by atoms with Crippen LogP contribution in [0.25, 0.3) is 0 Å². The largest absolute Gasteiger partial charge is 0.368 e. The topological polar surface area (TPSA) is 30.3 Å². The molecule has 3 heteroatoms. The molecule has 0 saturated carbocycles. The van der Waals surface area contributed by atoms with Crippen LogP contribution >= 0.6 is 0 Å². The van der Waals surface area contributed by atoms with Gasteiger partial charge in [0.2, 0.25) is 0 Å². The summed E-state index contributed by atoms with van der Waals surface area (Å²) in [6.45, 7) is 10.6. The first-order chi connectivity index (χ1) is 9.02. The Labute approximate surface area is 116 Å². The van der Waals surface area contributed by atoms with Gasteiger partial charge in [-0.15, -0.1) is 0 Å². The van der Waals surface area contributed by atoms with Crippen molar-refractivity contribution in [3.8, 4) is 6.07 Å². The highest BCUT2D eigenvalue weighted by Crippen LogP contribution is 2.29. The van der Waals surface area contributed by atoms with Crippen molar-refractivity contribution in [1.29, 1.82) is 5.26 Å². The Bertz CT molecular complexity index is 491. The molecule has 1 aromatic rings. The molecule has 0 aromatic heterocycles. The van der Waals surface area contributed by atoms with Gasteiger partial charge in [-0.1, -0.05) is 13.8 Å². The molecular weight excluding hydrogens is 234 g/mol. The Kier molecular flexibility index (Phi) is 4.11. The molecule has 19 heavy (non-hydrogen) atoms. The van der Waals surface area contributed by atoms with Gasteiger partial charge in [0.05, 0.1) is 11.3 Å². The summed E-state index contributed by atoms with van der Waals surface area (Å²) in [4.78, 5) is 4.67. The lowest BCUT2D eigenvalue weighted by Gasteiger charge is -2.35. The third kappa shape index (κ3) is 2.90. The molecule has 0 aliphatic carbocycles. The number of aryl methyl sites for hydroxylation is 1. The van der Waals surface area contributed by atoms with Crippen molar-refractivity contribution in [3.05, 3.63) is 28.8 Å². The number of nitrogens with zero attached hydrogens (tertiary/aromatic N) is 3. The molecule has 102 valence electrons. The molecule has 0 N–H and O–H groups in total. The number of benzene rings is 1. The molecule has 0 spiro atoms. The van der Waals surface area contributed by atoms with E-state index in [2.05, 4.69) is 55.8 Å². The zero-order chi connectivity index (χ0) is 14.0. The average Bonchev–Trinajstić information content (AvgIpc) is 2.39. The van der Waals surface area contributed by atoms with Crippen molar-refractivity contribution in [1.82, 2.24) is 4.90 Å². The zero-order valence-electron chi connectivity index (χ0n) is 12.4. The Balaban J connectivity index is 2.35. The van der Waals surface area contributed by atoms with Gasteiger partial charge >= 0.3 is 0 Å². The predicted octanol–water partition coefficient (Wildman–Crippen LogP) is 2.74. The van der Waals surface area contributed by atoms with Crippen molar-refractivity contribution < 1.29 is 0 Å². The highest BCUT2D eigenvalue weighted by atomic mass is 15.2. The Morgan fingerprint density at radius 2 is 1.79 bits per heavy atom. The molecule has 0 unspecified atom stereocenters. The fraction of sp³-hybridized carbons (Fsp3) is 0.562. The summed E-state index contributed by atoms with van der Waals surface area (Å²) in [6.07, 6.45) is 0. The van der Waals surface area contributed by atoms with Crippen molar-refractivity contribution in [2.75, 3.05) is 38.1 Å². The minimum absolute atomic E-state index is 0.466. The third-order valence-electron chi connectivity index (χ3n) is 3.97. The SMILES string of the molecule is Cc1cc(N2CCN(C)CC2)c(C#N)cc1C(C)C. The Hall–Kier alpha value is -1.53. The zero-order valence-corrected chi connectivity index (χ0v) is 12.4. The molecule has 3 nitrogen and oxygen atoms in total. The molecular formula is C16H23N3. The van der Waals surface area contributed by atoms with Crippen LogP contribution in [0.2, 0.25) is 0 Å². The molecule has 1 aliphatic rings. The van der Waals surface area contributed by atoms with E-state index in [0.29, 0.717) is 5.92 Å². The fourth-order valence-electron chi connectivity index (χ4n) is 2.73. The van der Waals surface area contributed by atoms with E-state index in [4.69, 9.17) is 0 Å². The van der Waals surface area contributed by atoms with E-state index < -0.39 is 0 Å². The van der Waals surface area contributed by atoms with Gasteiger partial charge in [-0.05, 0) is 43.1 Å². The standard InChI is InChI=1S/C16H23N3/c1-12(2)15-10-14(11-17)16(9-13(15)3)19-7-5-18(4)6-8-19/h9-10,12H,5-8H2,1-4H3. The quantitative estimate of drug-likeness (QED) is 0.816. The van der Waals surface area contributed by atoms with Crippen LogP contribution in [0.1, 0.15) is 36.5 Å². The van der Waals surface area contributed by atoms with Crippen LogP contribution in [0.4, 0.5) is 5.69 Å². The fourth-order valence-corrected chi connectivity index (χ4v) is 2.73. The van der Waals surface area contributed by atoms with E-state index in [9.17, 15) is 5.26 Å². The van der Waals surface area contributed by atoms with Crippen LogP contribution in [0, 0.1) is 18.3 Å². The van der Waals surface area contributed by atoms with Crippen LogP contribution in [-0.2, 0) is 0 Å². The summed E-state index contributed by atoms with van der Waals surface area (Å²) in [5.74, 6) is 0.466. The van der Waals surface area contributed by atoms with E-state index in [-0.39, 0.29) is 0 Å². The second-order valence-corrected chi connectivity index (χ2v) is 5.78. The van der Waals surface area contributed by atoms with Gasteiger partial charge in [0, 0.05) is 26.2 Å². The summed E-state index contributed by atoms with van der Waals surface area (Å²) < 4.78 is 0. The van der Waals surface area contributed by atoms with E-state index in [0.717, 1.165) is 37.4 Å². The molecule has 1 aliphatic heterocycles. The highest BCUT2D eigenvalue weighted by molar-refractivity contribution is 5.63. The number of nitriles is 1. The summed E-state index contributed by atoms with van der Waals surface area (Å²) in [5, 5.41) is 9.41. The van der Waals surface area contributed by atoms with E-state index in [1.54, 1.807) is 0 Å². The first kappa shape index (κ1) is 13.9. The lowest BCUT2D eigenvalue weighted by molar-refractivity contribution is 0.313. The highest BCUT2D eigenvalue weighted by Gasteiger charge is 2.18. The first-order valence-electron chi connectivity index (χ1n) is 7.01. The van der Waals surface area contributed by atoms with Gasteiger partial charge in [0.15, 0.2) is 0 Å². The van der Waals surface area contributed by atoms with Gasteiger partial charge in [0.25, 0.3) is 0 Å². The van der Waals surface area contributed by atoms with E-state index in [1.165, 1.54) is 11.1 Å². The number of hydrogen-bond acceptors (Lipinski definition) is 3. The lowest BCUT2D eigenvalue weighted by Crippen LogP contribution is -2.44. The smallest absolute Gasteiger partial charge is 0.101 e. The molecule has 2 rings (SSSR count). The van der Waals surface area contributed by atoms with Gasteiger partial charge in [-0.25, -0.2) is 0 Å². The minimum atomic E-state index is 0.466. The van der Waals surface area contributed by atoms with Crippen molar-refractivity contribution in [2.45, 2.75) is 26.7 Å². The van der Waals surface area contributed by atoms with E-state index >= 15 is 0 Å². The van der Waals surface area contributed by atoms with Gasteiger partial charge < -0.3 is 9.80 Å². The molecule has 0 bridgehead atoms. The summed E-state index contributed by atoms with van der Waals surface area (Å²) in [7, 11) is 2.15. The van der Waals surface area contributed by atoms with Gasteiger partial charge in [-0.3, -0.25) is 0 Å². The van der Waals surface area contributed by atoms with Crippen LogP contribution in [0.3, 0.4) is 0 Å². The molecule has 0 radical (unpaired) electrons. The molecule has 1 aromatic carbocycles. The van der Waals surface area contributed by atoms with Crippen LogP contribution in [-0.4, -0.2) is 38.1 Å². The molecule has 0 atom stereocenters. The molecule has 1 saturated heterocycles. The van der Waals surface area contributed by atoms with Gasteiger partial charge in [0.1, 0.15) is 6.07 Å². The number of hydrogen-bond donors (Lipinski definition) is 0. The number of piperazine rings is 1. The lowest BCUT2D eigenvalue weighted by atomic mass is 9.94. The molecule has 1 heterocycles. The van der Waals surface area contributed by atoms with Crippen LogP contribution < -0.4 is 4.90 Å². The maximum Gasteiger partial charge on any atom is 0.101 e. The first-order valence-corrected chi connectivity index (χ1v) is 7.01. The molecule has 0 amide bonds. The minimum Gasteiger partial charge on any atom is -0.368 e. The normalized spacial score (nSPS) is 16.7. The van der Waals surface area contributed by atoms with Crippen LogP contribution in [0.15, 0.2) is 12.1 Å². The number of rotatable bonds is 2. The average molecular weight is 257 g/mol. The Morgan fingerprint density at radius 1 is 1.16 bits per heavy atom. The van der Waals surface area contributed by atoms with Crippen molar-refractivity contribution in [2.24, 2.45) is 0 Å². The maximum absolute atomic E-state index is 9.41. The number of anilines is 1. The van der Waals surface area contributed by atoms with Crippen molar-refractivity contribution in [3.63, 3.8) is 0 Å². The van der Waals surface area contributed by atoms with Crippen LogP contribution in [0.5, 0.6) is 0 Å². The third-order valence-corrected chi connectivity index (χ3v) is 3.97. The second kappa shape index (κ2) is 5.63. The Morgan fingerprint density at radius 3 is 2.32 bits per heavy atom. The van der Waals surface area contributed by atoms with E-state index in [1.807, 2.05) is 0 Å². The predicted molar refractivity (Wildman–Crippen MR) is 79.7 cm³/mol. The summed E-state index contributed by atoms with van der Waals surface area (Å²) >= 11 is 0. The number of likely N-dealkylation sites (N-methyl/N-ethyl adjacent to an activating group) is 1. The second-order valence-electron chi connectivity index (χ2n) is 5.78. The maximum atomic E-state index is 9.41. The van der Waals surface area contributed by atoms with Gasteiger partial charge in [-0.2, -0.15) is 5.26 Å². The molecule has 1 fully saturated rings. The summed E-state index contributed by atoms with van der Waals surface area (Å²) in [5.41, 5.74) is 4.51. The summed E-state index contributed by atoms with van der Waals surface area (Å²) in [6, 6.07) is 6.64.